The van der Waals surface area contributed by atoms with E-state index in [0.717, 1.165) is 9.87 Å². The van der Waals surface area contributed by atoms with Crippen molar-refractivity contribution in [1.29, 1.82) is 0 Å². The molecule has 1 aliphatic heterocycles. The van der Waals surface area contributed by atoms with Gasteiger partial charge in [-0.2, -0.15) is 9.37 Å². The van der Waals surface area contributed by atoms with E-state index in [1.54, 1.807) is 56.5 Å². The molecule has 0 aliphatic carbocycles. The van der Waals surface area contributed by atoms with Crippen LogP contribution in [0.3, 0.4) is 0 Å². The summed E-state index contributed by atoms with van der Waals surface area (Å²) in [5, 5.41) is 11.3. The fourth-order valence-corrected chi connectivity index (χ4v) is 6.15. The number of benzene rings is 3. The number of hydrogen-bond acceptors (Lipinski definition) is 9. The monoisotopic (exact) mass is 698 g/mol. The number of hydroxylamine groups is 1. The lowest BCUT2D eigenvalue weighted by atomic mass is 10.0. The van der Waals surface area contributed by atoms with Gasteiger partial charge in [-0.1, -0.05) is 12.1 Å². The Morgan fingerprint density at radius 3 is 1.94 bits per heavy atom. The van der Waals surface area contributed by atoms with Gasteiger partial charge in [-0.3, -0.25) is 24.1 Å². The first-order valence-corrected chi connectivity index (χ1v) is 16.5. The van der Waals surface area contributed by atoms with Gasteiger partial charge in [0.15, 0.2) is 0 Å². The Kier molecular flexibility index (Phi) is 13.0. The molecule has 2 N–H and O–H groups in total. The van der Waals surface area contributed by atoms with E-state index in [2.05, 4.69) is 0 Å². The van der Waals surface area contributed by atoms with Gasteiger partial charge in [0.25, 0.3) is 5.91 Å². The summed E-state index contributed by atoms with van der Waals surface area (Å²) in [5.74, 6) is 0.523. The highest BCUT2D eigenvalue weighted by molar-refractivity contribution is 7.76. The quantitative estimate of drug-likeness (QED) is 0.137. The van der Waals surface area contributed by atoms with E-state index in [1.165, 1.54) is 43.3 Å². The molecule has 0 spiro atoms. The van der Waals surface area contributed by atoms with E-state index < -0.39 is 41.7 Å². The van der Waals surface area contributed by atoms with Crippen molar-refractivity contribution in [3.05, 3.63) is 77.9 Å². The van der Waals surface area contributed by atoms with Crippen molar-refractivity contribution in [3.8, 4) is 23.0 Å². The Balaban J connectivity index is 1.58. The molecule has 3 aromatic rings. The summed E-state index contributed by atoms with van der Waals surface area (Å²) < 4.78 is 44.6. The molecule has 15 heteroatoms. The van der Waals surface area contributed by atoms with Gasteiger partial charge in [0.05, 0.1) is 53.1 Å². The van der Waals surface area contributed by atoms with Gasteiger partial charge in [0.2, 0.25) is 23.1 Å². The van der Waals surface area contributed by atoms with Crippen molar-refractivity contribution in [2.75, 3.05) is 53.1 Å². The predicted octanol–water partition coefficient (Wildman–Crippen LogP) is 3.14. The fraction of sp³-hybridized carbons (Fsp3) is 0.382. The lowest BCUT2D eigenvalue weighted by Gasteiger charge is -2.45. The molecule has 3 amide bonds. The minimum Gasteiger partial charge on any atom is -0.497 e. The van der Waals surface area contributed by atoms with Crippen LogP contribution in [0.4, 0.5) is 5.69 Å². The molecule has 0 saturated carbocycles. The maximum atomic E-state index is 13.9. The summed E-state index contributed by atoms with van der Waals surface area (Å²) in [6, 6.07) is 16.7. The molecule has 3 unspecified atom stereocenters. The maximum absolute atomic E-state index is 13.9. The molecule has 3 aromatic carbocycles. The highest BCUT2D eigenvalue weighted by atomic mass is 32.2. The van der Waals surface area contributed by atoms with Gasteiger partial charge >= 0.3 is 0 Å². The number of ether oxygens (including phenoxy) is 4. The third kappa shape index (κ3) is 9.47. The molecule has 49 heavy (non-hydrogen) atoms. The van der Waals surface area contributed by atoms with Crippen LogP contribution in [0.25, 0.3) is 0 Å². The van der Waals surface area contributed by atoms with Crippen LogP contribution < -0.4 is 24.0 Å². The molecular formula is C34H42N4O10S. The van der Waals surface area contributed by atoms with Crippen LogP contribution in [0.2, 0.25) is 0 Å². The fourth-order valence-electron chi connectivity index (χ4n) is 5.68. The summed E-state index contributed by atoms with van der Waals surface area (Å²) in [6.07, 6.45) is 0.0109. The lowest BCUT2D eigenvalue weighted by Crippen LogP contribution is -2.64. The van der Waals surface area contributed by atoms with Gasteiger partial charge in [-0.15, -0.1) is 0 Å². The van der Waals surface area contributed by atoms with Crippen LogP contribution >= 0.6 is 0 Å². The number of amides is 3. The second-order valence-electron chi connectivity index (χ2n) is 11.4. The van der Waals surface area contributed by atoms with Crippen LogP contribution in [0.1, 0.15) is 24.5 Å². The molecule has 1 saturated heterocycles. The Morgan fingerprint density at radius 2 is 1.41 bits per heavy atom. The van der Waals surface area contributed by atoms with E-state index in [0.29, 0.717) is 40.0 Å². The molecule has 1 aliphatic rings. The standard InChI is InChI=1S/C34H42N4O10S/c1-23-34(41)35(20-25-16-30(47-4)19-31(17-25)48-5)21-27(18-32(39)38(42)26-8-12-29(46-3)13-9-26)37(23)33(40)22-36(49(43)44)15-14-24-6-10-28(45-2)11-7-24/h6-13,16-17,19,23,27,42H,14-15,18,20-22H2,1-5H3,(H,43,44). The van der Waals surface area contributed by atoms with E-state index >= 15 is 0 Å². The lowest BCUT2D eigenvalue weighted by molar-refractivity contribution is -0.157. The van der Waals surface area contributed by atoms with Gasteiger partial charge in [0.1, 0.15) is 29.0 Å². The van der Waals surface area contributed by atoms with Crippen molar-refractivity contribution in [2.45, 2.75) is 38.4 Å². The highest BCUT2D eigenvalue weighted by Crippen LogP contribution is 2.28. The zero-order valence-corrected chi connectivity index (χ0v) is 28.9. The Bertz CT molecular complexity index is 1600. The largest absolute Gasteiger partial charge is 0.497 e. The Labute approximate surface area is 288 Å². The smallest absolute Gasteiger partial charge is 0.252 e. The molecule has 14 nitrogen and oxygen atoms in total. The topological polar surface area (TPSA) is 159 Å². The molecule has 1 fully saturated rings. The van der Waals surface area contributed by atoms with Crippen molar-refractivity contribution in [3.63, 3.8) is 0 Å². The Hall–Kier alpha value is -4.70. The van der Waals surface area contributed by atoms with E-state index in [1.807, 2.05) is 12.1 Å². The first kappa shape index (κ1) is 37.1. The first-order chi connectivity index (χ1) is 23.5. The molecule has 0 radical (unpaired) electrons. The number of carbonyl (C=O) groups is 3. The van der Waals surface area contributed by atoms with Crippen molar-refractivity contribution < 1.29 is 47.3 Å². The van der Waals surface area contributed by atoms with Crippen LogP contribution in [-0.2, 0) is 38.6 Å². The molecule has 4 rings (SSSR count). The molecular weight excluding hydrogens is 656 g/mol. The number of methoxy groups -OCH3 is 4. The number of carbonyl (C=O) groups excluding carboxylic acids is 3. The highest BCUT2D eigenvalue weighted by Gasteiger charge is 2.42. The van der Waals surface area contributed by atoms with Crippen LogP contribution in [0, 0.1) is 0 Å². The second kappa shape index (κ2) is 17.1. The normalized spacial score (nSPS) is 16.7. The number of nitrogens with zero attached hydrogens (tertiary/aromatic N) is 4. The van der Waals surface area contributed by atoms with Gasteiger partial charge in [-0.25, -0.2) is 4.21 Å². The third-order valence-corrected chi connectivity index (χ3v) is 9.04. The van der Waals surface area contributed by atoms with Crippen molar-refractivity contribution in [1.82, 2.24) is 14.1 Å². The van der Waals surface area contributed by atoms with E-state index in [-0.39, 0.29) is 37.6 Å². The zero-order valence-electron chi connectivity index (χ0n) is 28.1. The third-order valence-electron chi connectivity index (χ3n) is 8.29. The molecule has 0 bridgehead atoms. The summed E-state index contributed by atoms with van der Waals surface area (Å²) in [7, 11) is 6.08. The molecule has 3 atom stereocenters. The van der Waals surface area contributed by atoms with Crippen molar-refractivity contribution >= 4 is 34.7 Å². The average molecular weight is 699 g/mol. The van der Waals surface area contributed by atoms with Crippen LogP contribution in [0.15, 0.2) is 66.7 Å². The minimum absolute atomic E-state index is 0.0509. The molecule has 1 heterocycles. The maximum Gasteiger partial charge on any atom is 0.252 e. The summed E-state index contributed by atoms with van der Waals surface area (Å²) >= 11 is -2.51. The minimum atomic E-state index is -2.51. The zero-order chi connectivity index (χ0) is 35.7. The van der Waals surface area contributed by atoms with E-state index in [9.17, 15) is 28.4 Å². The first-order valence-electron chi connectivity index (χ1n) is 15.4. The van der Waals surface area contributed by atoms with Gasteiger partial charge in [-0.05, 0) is 73.0 Å². The van der Waals surface area contributed by atoms with Crippen molar-refractivity contribution in [2.24, 2.45) is 0 Å². The number of anilines is 1. The Morgan fingerprint density at radius 1 is 0.857 bits per heavy atom. The number of piperazine rings is 1. The molecule has 264 valence electrons. The van der Waals surface area contributed by atoms with Gasteiger partial charge in [0, 0.05) is 25.7 Å². The van der Waals surface area contributed by atoms with Crippen LogP contribution in [0.5, 0.6) is 23.0 Å². The summed E-state index contributed by atoms with van der Waals surface area (Å²) in [6.45, 7) is 1.19. The number of hydrogen-bond donors (Lipinski definition) is 2. The average Bonchev–Trinajstić information content (AvgIpc) is 3.11. The predicted molar refractivity (Wildman–Crippen MR) is 181 cm³/mol. The van der Waals surface area contributed by atoms with Gasteiger partial charge < -0.3 is 28.7 Å². The molecule has 0 aromatic heterocycles. The number of rotatable bonds is 15. The second-order valence-corrected chi connectivity index (χ2v) is 12.3. The SMILES string of the molecule is COc1ccc(CCN(CC(=O)N2C(CC(=O)N(O)c3ccc(OC)cc3)CN(Cc3cc(OC)cc(OC)c3)C(=O)C2C)S(=O)O)cc1. The summed E-state index contributed by atoms with van der Waals surface area (Å²) in [4.78, 5) is 43.9. The van der Waals surface area contributed by atoms with E-state index in [4.69, 9.17) is 18.9 Å². The summed E-state index contributed by atoms with van der Waals surface area (Å²) in [5.41, 5.74) is 1.74. The van der Waals surface area contributed by atoms with Crippen LogP contribution in [-0.4, -0.2) is 106 Å².